The van der Waals surface area contributed by atoms with Crippen LogP contribution in [-0.2, 0) is 4.79 Å². The molecular weight excluding hydrogens is 360 g/mol. The van der Waals surface area contributed by atoms with Crippen molar-refractivity contribution in [2.75, 3.05) is 45.2 Å². The summed E-state index contributed by atoms with van der Waals surface area (Å²) >= 11 is 0. The zero-order valence-corrected chi connectivity index (χ0v) is 18.2. The number of carbonyl (C=O) groups excluding carboxylic acids is 1. The number of benzene rings is 1. The van der Waals surface area contributed by atoms with Gasteiger partial charge in [0.15, 0.2) is 0 Å². The van der Waals surface area contributed by atoms with E-state index in [1.165, 1.54) is 16.7 Å². The number of carbonyl (C=O) groups is 1. The monoisotopic (exact) mass is 392 g/mol. The highest BCUT2D eigenvalue weighted by Crippen LogP contribution is 2.46. The van der Waals surface area contributed by atoms with Gasteiger partial charge in [0.25, 0.3) is 0 Å². The van der Waals surface area contributed by atoms with Crippen molar-refractivity contribution in [2.45, 2.75) is 26.8 Å². The summed E-state index contributed by atoms with van der Waals surface area (Å²) in [6.07, 6.45) is 0. The fourth-order valence-corrected chi connectivity index (χ4v) is 5.15. The van der Waals surface area contributed by atoms with E-state index in [1.54, 1.807) is 0 Å². The Balaban J connectivity index is 1.65. The van der Waals surface area contributed by atoms with Gasteiger partial charge in [-0.15, -0.1) is 0 Å². The maximum atomic E-state index is 13.1. The molecule has 154 valence electrons. The molecule has 29 heavy (non-hydrogen) atoms. The quantitative estimate of drug-likeness (QED) is 0.801. The second-order valence-corrected chi connectivity index (χ2v) is 9.06. The molecule has 0 aliphatic carbocycles. The lowest BCUT2D eigenvalue weighted by molar-refractivity contribution is -0.133. The van der Waals surface area contributed by atoms with Crippen LogP contribution in [0.2, 0.25) is 0 Å². The molecule has 2 aliphatic rings. The van der Waals surface area contributed by atoms with Crippen LogP contribution in [0.5, 0.6) is 0 Å². The first kappa shape index (κ1) is 19.9. The zero-order valence-electron chi connectivity index (χ0n) is 18.2. The number of likely N-dealkylation sites (N-methyl/N-ethyl adjacent to an activating group) is 1. The number of rotatable bonds is 4. The molecular formula is C24H32N4O. The van der Waals surface area contributed by atoms with Gasteiger partial charge in [0.1, 0.15) is 5.82 Å². The molecule has 3 heterocycles. The molecule has 0 unspecified atom stereocenters. The number of fused-ring (bicyclic) bond motifs is 1. The van der Waals surface area contributed by atoms with Gasteiger partial charge in [0.2, 0.25) is 5.91 Å². The van der Waals surface area contributed by atoms with Gasteiger partial charge in [0.05, 0.1) is 12.6 Å². The summed E-state index contributed by atoms with van der Waals surface area (Å²) in [5.74, 6) is 2.22. The van der Waals surface area contributed by atoms with Gasteiger partial charge >= 0.3 is 0 Å². The van der Waals surface area contributed by atoms with Crippen LogP contribution in [0, 0.1) is 32.6 Å². The van der Waals surface area contributed by atoms with Crippen molar-refractivity contribution in [1.29, 1.82) is 0 Å². The Morgan fingerprint density at radius 2 is 1.86 bits per heavy atom. The smallest absolute Gasteiger partial charge is 0.237 e. The van der Waals surface area contributed by atoms with Crippen molar-refractivity contribution in [1.82, 2.24) is 14.8 Å². The normalized spacial score (nSPS) is 23.7. The second-order valence-electron chi connectivity index (χ2n) is 9.06. The molecule has 2 aliphatic heterocycles. The van der Waals surface area contributed by atoms with E-state index < -0.39 is 0 Å². The van der Waals surface area contributed by atoms with Crippen LogP contribution in [0.3, 0.4) is 0 Å². The first-order chi connectivity index (χ1) is 13.8. The Labute approximate surface area is 174 Å². The standard InChI is InChI=1S/C24H32N4O/c1-16-10-18(3)25-22(11-16)27-12-19-13-28(23(29)15-26(4)5)24(21(19)14-27)20-9-7-6-8-17(20)2/h6-11,19,21,24H,12-15H2,1-5H3/t19-,21-,24+/m1/s1. The Bertz CT molecular complexity index is 889. The third kappa shape index (κ3) is 3.88. The average Bonchev–Trinajstić information content (AvgIpc) is 3.19. The fraction of sp³-hybridized carbons (Fsp3) is 0.500. The predicted octanol–water partition coefficient (Wildman–Crippen LogP) is 3.20. The minimum atomic E-state index is 0.143. The maximum Gasteiger partial charge on any atom is 0.237 e. The molecule has 5 nitrogen and oxygen atoms in total. The number of aryl methyl sites for hydroxylation is 3. The molecule has 1 aromatic heterocycles. The molecule has 0 bridgehead atoms. The summed E-state index contributed by atoms with van der Waals surface area (Å²) < 4.78 is 0. The molecule has 1 aromatic carbocycles. The number of pyridine rings is 1. The van der Waals surface area contributed by atoms with Crippen molar-refractivity contribution in [3.05, 3.63) is 58.8 Å². The zero-order chi connectivity index (χ0) is 20.7. The molecule has 0 N–H and O–H groups in total. The van der Waals surface area contributed by atoms with E-state index in [9.17, 15) is 4.79 Å². The fourth-order valence-electron chi connectivity index (χ4n) is 5.15. The van der Waals surface area contributed by atoms with Gasteiger partial charge in [-0.05, 0) is 63.7 Å². The van der Waals surface area contributed by atoms with Crippen LogP contribution in [0.1, 0.15) is 28.4 Å². The molecule has 2 fully saturated rings. The summed E-state index contributed by atoms with van der Waals surface area (Å²) in [5.41, 5.74) is 4.88. The molecule has 4 rings (SSSR count). The molecule has 0 radical (unpaired) electrons. The van der Waals surface area contributed by atoms with Gasteiger partial charge in [-0.1, -0.05) is 24.3 Å². The lowest BCUT2D eigenvalue weighted by Gasteiger charge is -2.32. The lowest BCUT2D eigenvalue weighted by Crippen LogP contribution is -2.40. The van der Waals surface area contributed by atoms with E-state index in [0.29, 0.717) is 18.4 Å². The molecule has 3 atom stereocenters. The van der Waals surface area contributed by atoms with E-state index >= 15 is 0 Å². The predicted molar refractivity (Wildman–Crippen MR) is 117 cm³/mol. The van der Waals surface area contributed by atoms with Crippen molar-refractivity contribution in [3.63, 3.8) is 0 Å². The van der Waals surface area contributed by atoms with Gasteiger partial charge in [-0.2, -0.15) is 0 Å². The summed E-state index contributed by atoms with van der Waals surface area (Å²) in [4.78, 5) is 24.4. The van der Waals surface area contributed by atoms with Gasteiger partial charge < -0.3 is 14.7 Å². The van der Waals surface area contributed by atoms with Gasteiger partial charge in [0, 0.05) is 37.2 Å². The van der Waals surface area contributed by atoms with Crippen LogP contribution in [0.25, 0.3) is 0 Å². The number of hydrogen-bond acceptors (Lipinski definition) is 4. The van der Waals surface area contributed by atoms with E-state index in [4.69, 9.17) is 4.98 Å². The second kappa shape index (κ2) is 7.79. The molecule has 5 heteroatoms. The van der Waals surface area contributed by atoms with Crippen molar-refractivity contribution in [2.24, 2.45) is 11.8 Å². The Hall–Kier alpha value is -2.40. The van der Waals surface area contributed by atoms with Crippen molar-refractivity contribution >= 4 is 11.7 Å². The van der Waals surface area contributed by atoms with E-state index in [2.05, 4.69) is 67.0 Å². The summed E-state index contributed by atoms with van der Waals surface area (Å²) in [6, 6.07) is 13.0. The highest BCUT2D eigenvalue weighted by molar-refractivity contribution is 5.79. The van der Waals surface area contributed by atoms with Gasteiger partial charge in [-0.3, -0.25) is 4.79 Å². The van der Waals surface area contributed by atoms with E-state index in [0.717, 1.165) is 31.1 Å². The number of hydrogen-bond donors (Lipinski definition) is 0. The SMILES string of the molecule is Cc1cc(C)nc(N2C[C@@H]3CN(C(=O)CN(C)C)[C@@H](c4ccccc4C)[C@@H]3C2)c1. The minimum Gasteiger partial charge on any atom is -0.356 e. The molecule has 2 saturated heterocycles. The molecule has 0 spiro atoms. The highest BCUT2D eigenvalue weighted by atomic mass is 16.2. The van der Waals surface area contributed by atoms with Crippen LogP contribution in [0.15, 0.2) is 36.4 Å². The van der Waals surface area contributed by atoms with E-state index in [1.807, 2.05) is 19.0 Å². The number of likely N-dealkylation sites (tertiary alicyclic amines) is 1. The molecule has 0 saturated carbocycles. The third-order valence-electron chi connectivity index (χ3n) is 6.35. The highest BCUT2D eigenvalue weighted by Gasteiger charge is 2.49. The third-order valence-corrected chi connectivity index (χ3v) is 6.35. The lowest BCUT2D eigenvalue weighted by atomic mass is 9.87. The Kier molecular flexibility index (Phi) is 5.34. The van der Waals surface area contributed by atoms with E-state index in [-0.39, 0.29) is 11.9 Å². The summed E-state index contributed by atoms with van der Waals surface area (Å²) in [5, 5.41) is 0. The average molecular weight is 393 g/mol. The van der Waals surface area contributed by atoms with Crippen LogP contribution >= 0.6 is 0 Å². The first-order valence-electron chi connectivity index (χ1n) is 10.5. The van der Waals surface area contributed by atoms with Crippen LogP contribution < -0.4 is 4.90 Å². The minimum absolute atomic E-state index is 0.143. The topological polar surface area (TPSA) is 39.7 Å². The van der Waals surface area contributed by atoms with Gasteiger partial charge in [-0.25, -0.2) is 4.98 Å². The first-order valence-corrected chi connectivity index (χ1v) is 10.5. The maximum absolute atomic E-state index is 13.1. The summed E-state index contributed by atoms with van der Waals surface area (Å²) in [7, 11) is 3.93. The molecule has 2 aromatic rings. The largest absolute Gasteiger partial charge is 0.356 e. The summed E-state index contributed by atoms with van der Waals surface area (Å²) in [6.45, 7) is 9.56. The number of amides is 1. The van der Waals surface area contributed by atoms with Crippen LogP contribution in [-0.4, -0.2) is 61.0 Å². The number of nitrogens with zero attached hydrogens (tertiary/aromatic N) is 4. The number of aromatic nitrogens is 1. The van der Waals surface area contributed by atoms with Crippen LogP contribution in [0.4, 0.5) is 5.82 Å². The molecule has 1 amide bonds. The Morgan fingerprint density at radius 1 is 1.10 bits per heavy atom. The number of anilines is 1. The van der Waals surface area contributed by atoms with Crippen molar-refractivity contribution in [3.8, 4) is 0 Å². The Morgan fingerprint density at radius 3 is 2.55 bits per heavy atom. The van der Waals surface area contributed by atoms with Crippen molar-refractivity contribution < 1.29 is 4.79 Å².